The Hall–Kier alpha value is -1.75. The average Bonchev–Trinajstić information content (AvgIpc) is 2.35. The predicted molar refractivity (Wildman–Crippen MR) is 73.2 cm³/mol. The van der Waals surface area contributed by atoms with E-state index in [4.69, 9.17) is 4.74 Å². The van der Waals surface area contributed by atoms with E-state index in [1.54, 1.807) is 26.4 Å². The molecule has 0 aliphatic heterocycles. The van der Waals surface area contributed by atoms with Crippen LogP contribution < -0.4 is 4.74 Å². The minimum atomic E-state index is -0.636. The molecular weight excluding hydrogens is 242 g/mol. The van der Waals surface area contributed by atoms with Gasteiger partial charge in [0.15, 0.2) is 0 Å². The average molecular weight is 261 g/mol. The van der Waals surface area contributed by atoms with Crippen LogP contribution in [0.15, 0.2) is 12.4 Å². The molecule has 19 heavy (non-hydrogen) atoms. The zero-order valence-electron chi connectivity index (χ0n) is 11.9. The van der Waals surface area contributed by atoms with Gasteiger partial charge in [0.2, 0.25) is 5.88 Å². The summed E-state index contributed by atoms with van der Waals surface area (Å²) in [7, 11) is 1.57. The number of rotatable bonds is 2. The molecule has 0 radical (unpaired) electrons. The van der Waals surface area contributed by atoms with Crippen LogP contribution in [0.2, 0.25) is 0 Å². The van der Waals surface area contributed by atoms with E-state index in [-0.39, 0.29) is 5.41 Å². The summed E-state index contributed by atoms with van der Waals surface area (Å²) < 4.78 is 5.33. The van der Waals surface area contributed by atoms with Gasteiger partial charge in [-0.25, -0.2) is 4.98 Å². The highest BCUT2D eigenvalue weighted by Crippen LogP contribution is 2.30. The number of pyridine rings is 1. The van der Waals surface area contributed by atoms with Gasteiger partial charge < -0.3 is 9.84 Å². The molecule has 0 fully saturated rings. The lowest BCUT2D eigenvalue weighted by Crippen LogP contribution is -2.17. The second-order valence-corrected chi connectivity index (χ2v) is 5.61. The summed E-state index contributed by atoms with van der Waals surface area (Å²) in [6.45, 7) is 7.81. The highest BCUT2D eigenvalue weighted by atomic mass is 16.5. The van der Waals surface area contributed by atoms with Gasteiger partial charge in [-0.15, -0.1) is 0 Å². The lowest BCUT2D eigenvalue weighted by Gasteiger charge is -2.19. The summed E-state index contributed by atoms with van der Waals surface area (Å²) in [6.07, 6.45) is 2.65. The van der Waals surface area contributed by atoms with Crippen molar-refractivity contribution >= 4 is 10.9 Å². The van der Waals surface area contributed by atoms with E-state index in [0.29, 0.717) is 28.2 Å². The zero-order chi connectivity index (χ0) is 14.2. The van der Waals surface area contributed by atoms with Crippen molar-refractivity contribution in [3.8, 4) is 5.88 Å². The van der Waals surface area contributed by atoms with Gasteiger partial charge in [0, 0.05) is 23.4 Å². The fourth-order valence-corrected chi connectivity index (χ4v) is 1.84. The number of hydrogen-bond donors (Lipinski definition) is 1. The molecule has 1 atom stereocenters. The standard InChI is InChI=1S/C14H19N3O2/c1-8(18)9-6-15-7-10-11(9)16-13(14(2,3)4)17-12(10)19-5/h6-8,18H,1-5H3. The summed E-state index contributed by atoms with van der Waals surface area (Å²) >= 11 is 0. The molecule has 0 saturated carbocycles. The molecule has 102 valence electrons. The number of nitrogens with zero attached hydrogens (tertiary/aromatic N) is 3. The summed E-state index contributed by atoms with van der Waals surface area (Å²) in [5.41, 5.74) is 1.19. The van der Waals surface area contributed by atoms with Crippen LogP contribution in [0, 0.1) is 0 Å². The van der Waals surface area contributed by atoms with Gasteiger partial charge in [-0.3, -0.25) is 4.98 Å². The number of aliphatic hydroxyl groups is 1. The minimum Gasteiger partial charge on any atom is -0.480 e. The van der Waals surface area contributed by atoms with Crippen molar-refractivity contribution in [1.82, 2.24) is 15.0 Å². The van der Waals surface area contributed by atoms with Gasteiger partial charge in [0.1, 0.15) is 5.82 Å². The fraction of sp³-hybridized carbons (Fsp3) is 0.500. The van der Waals surface area contributed by atoms with Crippen LogP contribution in [-0.4, -0.2) is 27.2 Å². The van der Waals surface area contributed by atoms with Gasteiger partial charge in [0.05, 0.1) is 24.1 Å². The number of hydrogen-bond acceptors (Lipinski definition) is 5. The smallest absolute Gasteiger partial charge is 0.226 e. The molecule has 0 spiro atoms. The Morgan fingerprint density at radius 3 is 2.42 bits per heavy atom. The molecule has 2 aromatic heterocycles. The first-order chi connectivity index (χ1) is 8.84. The number of ether oxygens (including phenoxy) is 1. The van der Waals surface area contributed by atoms with E-state index < -0.39 is 6.10 Å². The van der Waals surface area contributed by atoms with Crippen LogP contribution in [0.3, 0.4) is 0 Å². The van der Waals surface area contributed by atoms with Crippen molar-refractivity contribution in [1.29, 1.82) is 0 Å². The molecule has 0 bridgehead atoms. The van der Waals surface area contributed by atoms with Crippen LogP contribution in [0.25, 0.3) is 10.9 Å². The Kier molecular flexibility index (Phi) is 3.41. The molecule has 2 rings (SSSR count). The Bertz CT molecular complexity index is 603. The number of fused-ring (bicyclic) bond motifs is 1. The second kappa shape index (κ2) is 4.74. The minimum absolute atomic E-state index is 0.194. The van der Waals surface area contributed by atoms with E-state index >= 15 is 0 Å². The topological polar surface area (TPSA) is 68.1 Å². The quantitative estimate of drug-likeness (QED) is 0.899. The molecule has 0 saturated heterocycles. The summed E-state index contributed by atoms with van der Waals surface area (Å²) in [5.74, 6) is 1.18. The lowest BCUT2D eigenvalue weighted by molar-refractivity contribution is 0.200. The van der Waals surface area contributed by atoms with Crippen molar-refractivity contribution < 1.29 is 9.84 Å². The third-order valence-electron chi connectivity index (χ3n) is 2.92. The Morgan fingerprint density at radius 2 is 1.89 bits per heavy atom. The van der Waals surface area contributed by atoms with Gasteiger partial charge in [-0.1, -0.05) is 20.8 Å². The third-order valence-corrected chi connectivity index (χ3v) is 2.92. The molecular formula is C14H19N3O2. The summed E-state index contributed by atoms with van der Waals surface area (Å²) in [6, 6.07) is 0. The van der Waals surface area contributed by atoms with Crippen molar-refractivity contribution in [2.24, 2.45) is 0 Å². The monoisotopic (exact) mass is 261 g/mol. The van der Waals surface area contributed by atoms with Gasteiger partial charge in [-0.05, 0) is 6.92 Å². The van der Waals surface area contributed by atoms with Crippen LogP contribution in [0.4, 0.5) is 0 Å². The third kappa shape index (κ3) is 2.51. The largest absolute Gasteiger partial charge is 0.480 e. The maximum Gasteiger partial charge on any atom is 0.226 e. The van der Waals surface area contributed by atoms with Gasteiger partial charge in [-0.2, -0.15) is 4.98 Å². The maximum absolute atomic E-state index is 9.84. The fourth-order valence-electron chi connectivity index (χ4n) is 1.84. The maximum atomic E-state index is 9.84. The SMILES string of the molecule is COc1nc(C(C)(C)C)nc2c(C(C)O)cncc12. The first-order valence-electron chi connectivity index (χ1n) is 6.22. The molecule has 5 heteroatoms. The molecule has 2 aromatic rings. The van der Waals surface area contributed by atoms with Crippen LogP contribution >= 0.6 is 0 Å². The first kappa shape index (κ1) is 13.7. The van der Waals surface area contributed by atoms with Gasteiger partial charge in [0.25, 0.3) is 0 Å². The lowest BCUT2D eigenvalue weighted by atomic mass is 9.95. The van der Waals surface area contributed by atoms with Crippen molar-refractivity contribution in [3.05, 3.63) is 23.8 Å². The van der Waals surface area contributed by atoms with Crippen LogP contribution in [-0.2, 0) is 5.41 Å². The molecule has 2 heterocycles. The molecule has 0 aliphatic carbocycles. The van der Waals surface area contributed by atoms with E-state index in [2.05, 4.69) is 15.0 Å². The molecule has 0 aliphatic rings. The molecule has 1 N–H and O–H groups in total. The van der Waals surface area contributed by atoms with Crippen molar-refractivity contribution in [3.63, 3.8) is 0 Å². The predicted octanol–water partition coefficient (Wildman–Crippen LogP) is 2.38. The second-order valence-electron chi connectivity index (χ2n) is 5.61. The van der Waals surface area contributed by atoms with Crippen molar-refractivity contribution in [2.75, 3.05) is 7.11 Å². The Balaban J connectivity index is 2.82. The van der Waals surface area contributed by atoms with E-state index in [9.17, 15) is 5.11 Å². The van der Waals surface area contributed by atoms with E-state index in [0.717, 1.165) is 0 Å². The van der Waals surface area contributed by atoms with Gasteiger partial charge >= 0.3 is 0 Å². The summed E-state index contributed by atoms with van der Waals surface area (Å²) in [5, 5.41) is 10.6. The Labute approximate surface area is 112 Å². The molecule has 5 nitrogen and oxygen atoms in total. The molecule has 0 aromatic carbocycles. The number of aromatic nitrogens is 3. The zero-order valence-corrected chi connectivity index (χ0v) is 11.9. The first-order valence-corrected chi connectivity index (χ1v) is 6.22. The molecule has 1 unspecified atom stereocenters. The van der Waals surface area contributed by atoms with Crippen LogP contribution in [0.5, 0.6) is 5.88 Å². The highest BCUT2D eigenvalue weighted by Gasteiger charge is 2.22. The molecule has 0 amide bonds. The van der Waals surface area contributed by atoms with Crippen molar-refractivity contribution in [2.45, 2.75) is 39.2 Å². The normalized spacial score (nSPS) is 13.6. The number of methoxy groups -OCH3 is 1. The van der Waals surface area contributed by atoms with E-state index in [1.807, 2.05) is 20.8 Å². The number of aliphatic hydroxyl groups excluding tert-OH is 1. The Morgan fingerprint density at radius 1 is 1.21 bits per heavy atom. The van der Waals surface area contributed by atoms with E-state index in [1.165, 1.54) is 0 Å². The highest BCUT2D eigenvalue weighted by molar-refractivity contribution is 5.85. The van der Waals surface area contributed by atoms with Crippen LogP contribution in [0.1, 0.15) is 45.2 Å². The summed E-state index contributed by atoms with van der Waals surface area (Å²) in [4.78, 5) is 13.1.